The van der Waals surface area contributed by atoms with Crippen LogP contribution in [0.25, 0.3) is 0 Å². The molecule has 0 bridgehead atoms. The van der Waals surface area contributed by atoms with Gasteiger partial charge in [-0.2, -0.15) is 17.5 Å². The lowest BCUT2D eigenvalue weighted by atomic mass is 9.81. The van der Waals surface area contributed by atoms with Crippen molar-refractivity contribution in [1.29, 1.82) is 0 Å². The smallest absolute Gasteiger partial charge is 0.342 e. The van der Waals surface area contributed by atoms with E-state index in [1.165, 1.54) is 4.31 Å². The Labute approximate surface area is 192 Å². The SMILES string of the molecule is CCCN1C(=O)C(CC(C)C)NC(=O)C12CCN(S(=O)(=O)c1ccc(C(F)(F)F)cc1)CC2. The third kappa shape index (κ3) is 4.89. The maximum absolute atomic E-state index is 13.2. The number of hydrogen-bond acceptors (Lipinski definition) is 4. The second-order valence-corrected chi connectivity index (χ2v) is 11.0. The van der Waals surface area contributed by atoms with Crippen LogP contribution in [0.4, 0.5) is 13.2 Å². The molecular formula is C22H30F3N3O4S. The van der Waals surface area contributed by atoms with Gasteiger partial charge in [0.15, 0.2) is 0 Å². The molecule has 2 aliphatic rings. The Balaban J connectivity index is 1.80. The van der Waals surface area contributed by atoms with Crippen LogP contribution in [0.1, 0.15) is 52.0 Å². The van der Waals surface area contributed by atoms with Gasteiger partial charge in [-0.3, -0.25) is 9.59 Å². The highest BCUT2D eigenvalue weighted by Gasteiger charge is 2.54. The van der Waals surface area contributed by atoms with Crippen molar-refractivity contribution in [1.82, 2.24) is 14.5 Å². The van der Waals surface area contributed by atoms with Crippen molar-refractivity contribution in [2.24, 2.45) is 5.92 Å². The molecule has 1 atom stereocenters. The number of sulfonamides is 1. The molecule has 0 saturated carbocycles. The Morgan fingerprint density at radius 2 is 1.70 bits per heavy atom. The van der Waals surface area contributed by atoms with E-state index in [1.807, 2.05) is 20.8 Å². The molecular weight excluding hydrogens is 459 g/mol. The van der Waals surface area contributed by atoms with Gasteiger partial charge in [0.1, 0.15) is 11.6 Å². The first kappa shape index (κ1) is 25.5. The molecule has 1 N–H and O–H groups in total. The number of benzene rings is 1. The van der Waals surface area contributed by atoms with Gasteiger partial charge >= 0.3 is 6.18 Å². The minimum atomic E-state index is -4.56. The summed E-state index contributed by atoms with van der Waals surface area (Å²) in [7, 11) is -4.04. The molecule has 2 amide bonds. The maximum atomic E-state index is 13.2. The Bertz CT molecular complexity index is 985. The van der Waals surface area contributed by atoms with Gasteiger partial charge in [0.05, 0.1) is 10.5 Å². The van der Waals surface area contributed by atoms with E-state index in [9.17, 15) is 31.2 Å². The van der Waals surface area contributed by atoms with Crippen LogP contribution in [0, 0.1) is 5.92 Å². The largest absolute Gasteiger partial charge is 0.416 e. The molecule has 1 aromatic carbocycles. The standard InChI is InChI=1S/C22H30F3N3O4S/c1-4-11-28-19(29)18(14-15(2)3)26-20(30)21(28)9-12-27(13-10-21)33(31,32)17-7-5-16(6-8-17)22(23,24)25/h5-8,15,18H,4,9-14H2,1-3H3,(H,26,30). The normalized spacial score (nSPS) is 22.2. The fourth-order valence-corrected chi connectivity index (χ4v) is 6.05. The Hall–Kier alpha value is -2.14. The average molecular weight is 490 g/mol. The van der Waals surface area contributed by atoms with Crippen molar-refractivity contribution in [3.8, 4) is 0 Å². The molecule has 2 fully saturated rings. The molecule has 1 unspecified atom stereocenters. The number of amides is 2. The number of halogens is 3. The molecule has 0 aliphatic carbocycles. The summed E-state index contributed by atoms with van der Waals surface area (Å²) in [4.78, 5) is 27.7. The number of nitrogens with zero attached hydrogens (tertiary/aromatic N) is 2. The highest BCUT2D eigenvalue weighted by atomic mass is 32.2. The van der Waals surface area contributed by atoms with E-state index >= 15 is 0 Å². The molecule has 33 heavy (non-hydrogen) atoms. The van der Waals surface area contributed by atoms with E-state index < -0.39 is 33.3 Å². The van der Waals surface area contributed by atoms with Crippen LogP contribution >= 0.6 is 0 Å². The molecule has 3 rings (SSSR count). The number of alkyl halides is 3. The Kier molecular flexibility index (Phi) is 7.14. The van der Waals surface area contributed by atoms with Gasteiger partial charge in [-0.15, -0.1) is 0 Å². The van der Waals surface area contributed by atoms with Crippen molar-refractivity contribution in [3.63, 3.8) is 0 Å². The van der Waals surface area contributed by atoms with E-state index in [4.69, 9.17) is 0 Å². The molecule has 1 spiro atoms. The quantitative estimate of drug-likeness (QED) is 0.666. The molecule has 1 aromatic rings. The van der Waals surface area contributed by atoms with Crippen LogP contribution < -0.4 is 5.32 Å². The van der Waals surface area contributed by atoms with Crippen LogP contribution in [0.5, 0.6) is 0 Å². The summed E-state index contributed by atoms with van der Waals surface area (Å²) in [5.74, 6) is -0.204. The van der Waals surface area contributed by atoms with Crippen molar-refractivity contribution >= 4 is 21.8 Å². The summed E-state index contributed by atoms with van der Waals surface area (Å²) in [5, 5.41) is 2.85. The molecule has 2 heterocycles. The lowest BCUT2D eigenvalue weighted by molar-refractivity contribution is -0.160. The molecule has 7 nitrogen and oxygen atoms in total. The molecule has 11 heteroatoms. The van der Waals surface area contributed by atoms with Crippen molar-refractivity contribution in [2.75, 3.05) is 19.6 Å². The van der Waals surface area contributed by atoms with Crippen LogP contribution in [-0.2, 0) is 25.8 Å². The van der Waals surface area contributed by atoms with Crippen LogP contribution in [0.2, 0.25) is 0 Å². The fraction of sp³-hybridized carbons (Fsp3) is 0.636. The summed E-state index contributed by atoms with van der Waals surface area (Å²) in [6, 6.07) is 2.77. The molecule has 184 valence electrons. The van der Waals surface area contributed by atoms with Gasteiger partial charge in [0, 0.05) is 19.6 Å². The van der Waals surface area contributed by atoms with E-state index in [1.54, 1.807) is 4.90 Å². The topological polar surface area (TPSA) is 86.8 Å². The number of nitrogens with one attached hydrogen (secondary N) is 1. The molecule has 2 aliphatic heterocycles. The number of piperidine rings is 1. The lowest BCUT2D eigenvalue weighted by Crippen LogP contribution is -2.73. The summed E-state index contributed by atoms with van der Waals surface area (Å²) in [6.45, 7) is 6.22. The summed E-state index contributed by atoms with van der Waals surface area (Å²) < 4.78 is 65.6. The highest BCUT2D eigenvalue weighted by molar-refractivity contribution is 7.89. The minimum absolute atomic E-state index is 0.0148. The first-order valence-corrected chi connectivity index (χ1v) is 12.6. The zero-order valence-corrected chi connectivity index (χ0v) is 19.8. The third-order valence-electron chi connectivity index (χ3n) is 6.33. The number of rotatable bonds is 6. The van der Waals surface area contributed by atoms with E-state index in [2.05, 4.69) is 5.32 Å². The number of carbonyl (C=O) groups is 2. The van der Waals surface area contributed by atoms with Gasteiger partial charge in [-0.1, -0.05) is 20.8 Å². The molecule has 0 radical (unpaired) electrons. The lowest BCUT2D eigenvalue weighted by Gasteiger charge is -2.51. The number of carbonyl (C=O) groups excluding carboxylic acids is 2. The maximum Gasteiger partial charge on any atom is 0.416 e. The predicted octanol–water partition coefficient (Wildman–Crippen LogP) is 3.01. The number of hydrogen-bond donors (Lipinski definition) is 1. The first-order chi connectivity index (χ1) is 15.3. The monoisotopic (exact) mass is 489 g/mol. The second kappa shape index (κ2) is 9.25. The minimum Gasteiger partial charge on any atom is -0.342 e. The number of piperazine rings is 1. The zero-order chi connectivity index (χ0) is 24.6. The highest BCUT2D eigenvalue weighted by Crippen LogP contribution is 2.36. The summed E-state index contributed by atoms with van der Waals surface area (Å²) >= 11 is 0. The van der Waals surface area contributed by atoms with Crippen LogP contribution in [-0.4, -0.2) is 60.7 Å². The van der Waals surface area contributed by atoms with Crippen molar-refractivity contribution in [2.45, 2.75) is 69.1 Å². The van der Waals surface area contributed by atoms with Crippen molar-refractivity contribution in [3.05, 3.63) is 29.8 Å². The fourth-order valence-electron chi connectivity index (χ4n) is 4.61. The molecule has 2 saturated heterocycles. The first-order valence-electron chi connectivity index (χ1n) is 11.1. The second-order valence-electron chi connectivity index (χ2n) is 9.10. The van der Waals surface area contributed by atoms with Gasteiger partial charge in [0.25, 0.3) is 0 Å². The van der Waals surface area contributed by atoms with Gasteiger partial charge in [-0.25, -0.2) is 8.42 Å². The Morgan fingerprint density at radius 3 is 2.18 bits per heavy atom. The average Bonchev–Trinajstić information content (AvgIpc) is 2.75. The van der Waals surface area contributed by atoms with E-state index in [-0.39, 0.29) is 48.6 Å². The van der Waals surface area contributed by atoms with Crippen molar-refractivity contribution < 1.29 is 31.2 Å². The summed E-state index contributed by atoms with van der Waals surface area (Å²) in [6.07, 6.45) is -3.13. The van der Waals surface area contributed by atoms with Gasteiger partial charge in [-0.05, 0) is 55.9 Å². The van der Waals surface area contributed by atoms with Crippen LogP contribution in [0.3, 0.4) is 0 Å². The van der Waals surface area contributed by atoms with Gasteiger partial charge in [0.2, 0.25) is 21.8 Å². The van der Waals surface area contributed by atoms with Gasteiger partial charge < -0.3 is 10.2 Å². The van der Waals surface area contributed by atoms with E-state index in [0.717, 1.165) is 24.3 Å². The van der Waals surface area contributed by atoms with E-state index in [0.29, 0.717) is 19.4 Å². The van der Waals surface area contributed by atoms with Crippen LogP contribution in [0.15, 0.2) is 29.2 Å². The molecule has 0 aromatic heterocycles. The summed E-state index contributed by atoms with van der Waals surface area (Å²) in [5.41, 5.74) is -2.05. The third-order valence-corrected chi connectivity index (χ3v) is 8.24. The Morgan fingerprint density at radius 1 is 1.12 bits per heavy atom. The zero-order valence-electron chi connectivity index (χ0n) is 19.0. The predicted molar refractivity (Wildman–Crippen MR) is 116 cm³/mol.